The first-order chi connectivity index (χ1) is 14.7. The van der Waals surface area contributed by atoms with E-state index >= 15 is 0 Å². The molecule has 2 heterocycles. The first-order valence-corrected chi connectivity index (χ1v) is 9.13. The normalized spacial score (nSPS) is 10.6. The Bertz CT molecular complexity index is 1130. The van der Waals surface area contributed by atoms with Crippen molar-refractivity contribution in [2.24, 2.45) is 0 Å². The topological polar surface area (TPSA) is 106 Å². The fourth-order valence-electron chi connectivity index (χ4n) is 2.76. The molecule has 4 rings (SSSR count). The van der Waals surface area contributed by atoms with Gasteiger partial charge in [-0.1, -0.05) is 35.5 Å². The monoisotopic (exact) mass is 404 g/mol. The van der Waals surface area contributed by atoms with E-state index in [1.807, 2.05) is 18.2 Å². The van der Waals surface area contributed by atoms with Crippen LogP contribution in [0, 0.1) is 5.82 Å². The summed E-state index contributed by atoms with van der Waals surface area (Å²) < 4.78 is 18.3. The first kappa shape index (κ1) is 19.2. The Hall–Kier alpha value is -4.14. The molecule has 150 valence electrons. The second-order valence-electron chi connectivity index (χ2n) is 6.37. The standard InChI is InChI=1S/C21H17FN6O2/c22-16-7-5-14(6-8-16)12-25-21(29)26-17-4-2-1-3-15(17)11-19-27-20(28-30-19)18-13-23-9-10-24-18/h1-10,13H,11-12H2,(H2,25,26,29). The van der Waals surface area contributed by atoms with Crippen LogP contribution in [0.25, 0.3) is 11.5 Å². The number of aromatic nitrogens is 4. The number of halogens is 1. The number of nitrogens with zero attached hydrogens (tertiary/aromatic N) is 4. The van der Waals surface area contributed by atoms with Crippen molar-refractivity contribution in [2.75, 3.05) is 5.32 Å². The maximum atomic E-state index is 13.0. The van der Waals surface area contributed by atoms with Crippen molar-refractivity contribution in [1.29, 1.82) is 0 Å². The zero-order chi connectivity index (χ0) is 20.8. The highest BCUT2D eigenvalue weighted by atomic mass is 19.1. The van der Waals surface area contributed by atoms with Gasteiger partial charge in [-0.2, -0.15) is 4.98 Å². The van der Waals surface area contributed by atoms with Crippen molar-refractivity contribution in [3.63, 3.8) is 0 Å². The number of para-hydroxylation sites is 1. The maximum absolute atomic E-state index is 13.0. The Morgan fingerprint density at radius 2 is 1.90 bits per heavy atom. The van der Waals surface area contributed by atoms with E-state index in [0.717, 1.165) is 11.1 Å². The molecule has 2 aromatic heterocycles. The molecule has 2 N–H and O–H groups in total. The van der Waals surface area contributed by atoms with Crippen LogP contribution in [0.2, 0.25) is 0 Å². The van der Waals surface area contributed by atoms with Crippen molar-refractivity contribution in [3.8, 4) is 11.5 Å². The maximum Gasteiger partial charge on any atom is 0.319 e. The molecule has 2 aromatic carbocycles. The van der Waals surface area contributed by atoms with Crippen LogP contribution in [-0.4, -0.2) is 26.1 Å². The number of nitrogens with one attached hydrogen (secondary N) is 2. The molecule has 0 aliphatic carbocycles. The Morgan fingerprint density at radius 1 is 1.07 bits per heavy atom. The molecule has 4 aromatic rings. The molecule has 0 radical (unpaired) electrons. The van der Waals surface area contributed by atoms with Gasteiger partial charge in [0.1, 0.15) is 11.5 Å². The lowest BCUT2D eigenvalue weighted by Crippen LogP contribution is -2.28. The molecule has 30 heavy (non-hydrogen) atoms. The zero-order valence-corrected chi connectivity index (χ0v) is 15.7. The lowest BCUT2D eigenvalue weighted by molar-refractivity contribution is 0.251. The van der Waals surface area contributed by atoms with E-state index in [4.69, 9.17) is 4.52 Å². The Kier molecular flexibility index (Phi) is 5.70. The molecule has 0 aliphatic rings. The average molecular weight is 404 g/mol. The van der Waals surface area contributed by atoms with Crippen molar-refractivity contribution >= 4 is 11.7 Å². The summed E-state index contributed by atoms with van der Waals surface area (Å²) in [7, 11) is 0. The van der Waals surface area contributed by atoms with E-state index in [0.29, 0.717) is 29.5 Å². The summed E-state index contributed by atoms with van der Waals surface area (Å²) in [6, 6.07) is 12.9. The van der Waals surface area contributed by atoms with Gasteiger partial charge in [0.15, 0.2) is 0 Å². The van der Waals surface area contributed by atoms with Gasteiger partial charge in [-0.05, 0) is 29.3 Å². The molecule has 8 nitrogen and oxygen atoms in total. The number of carbonyl (C=O) groups is 1. The van der Waals surface area contributed by atoms with Gasteiger partial charge in [0.05, 0.1) is 12.6 Å². The van der Waals surface area contributed by atoms with Crippen LogP contribution in [0.3, 0.4) is 0 Å². The summed E-state index contributed by atoms with van der Waals surface area (Å²) in [5.74, 6) is 0.415. The van der Waals surface area contributed by atoms with Gasteiger partial charge in [0, 0.05) is 24.6 Å². The highest BCUT2D eigenvalue weighted by Gasteiger charge is 2.13. The molecular formula is C21H17FN6O2. The molecule has 0 unspecified atom stereocenters. The molecule has 9 heteroatoms. The molecular weight excluding hydrogens is 387 g/mol. The Balaban J connectivity index is 1.40. The van der Waals surface area contributed by atoms with Gasteiger partial charge < -0.3 is 15.2 Å². The van der Waals surface area contributed by atoms with Crippen molar-refractivity contribution < 1.29 is 13.7 Å². The van der Waals surface area contributed by atoms with Gasteiger partial charge >= 0.3 is 6.03 Å². The number of hydrogen-bond acceptors (Lipinski definition) is 6. The summed E-state index contributed by atoms with van der Waals surface area (Å²) in [6.45, 7) is 0.277. The number of urea groups is 1. The molecule has 0 spiro atoms. The number of benzene rings is 2. The molecule has 0 fully saturated rings. The van der Waals surface area contributed by atoms with Crippen LogP contribution in [0.15, 0.2) is 71.6 Å². The fourth-order valence-corrected chi connectivity index (χ4v) is 2.76. The number of anilines is 1. The van der Waals surface area contributed by atoms with Crippen LogP contribution in [0.5, 0.6) is 0 Å². The van der Waals surface area contributed by atoms with E-state index in [2.05, 4.69) is 30.7 Å². The van der Waals surface area contributed by atoms with Gasteiger partial charge in [-0.15, -0.1) is 0 Å². The fraction of sp³-hybridized carbons (Fsp3) is 0.0952. The zero-order valence-electron chi connectivity index (χ0n) is 15.7. The molecule has 0 saturated carbocycles. The van der Waals surface area contributed by atoms with E-state index in [-0.39, 0.29) is 18.4 Å². The van der Waals surface area contributed by atoms with Crippen LogP contribution in [0.1, 0.15) is 17.0 Å². The SMILES string of the molecule is O=C(NCc1ccc(F)cc1)Nc1ccccc1Cc1nc(-c2cnccn2)no1. The largest absolute Gasteiger partial charge is 0.339 e. The molecule has 0 aliphatic heterocycles. The molecule has 0 saturated heterocycles. The summed E-state index contributed by atoms with van der Waals surface area (Å²) >= 11 is 0. The lowest BCUT2D eigenvalue weighted by Gasteiger charge is -2.11. The van der Waals surface area contributed by atoms with E-state index < -0.39 is 0 Å². The van der Waals surface area contributed by atoms with Gasteiger partial charge in [-0.3, -0.25) is 4.98 Å². The van der Waals surface area contributed by atoms with Crippen LogP contribution >= 0.6 is 0 Å². The highest BCUT2D eigenvalue weighted by molar-refractivity contribution is 5.90. The van der Waals surface area contributed by atoms with Crippen molar-refractivity contribution in [2.45, 2.75) is 13.0 Å². The third-order valence-electron chi connectivity index (χ3n) is 4.23. The predicted octanol–water partition coefficient (Wildman–Crippen LogP) is 3.58. The van der Waals surface area contributed by atoms with Crippen LogP contribution in [-0.2, 0) is 13.0 Å². The molecule has 2 amide bonds. The van der Waals surface area contributed by atoms with Gasteiger partial charge in [-0.25, -0.2) is 14.2 Å². The summed E-state index contributed by atoms with van der Waals surface area (Å²) in [6.07, 6.45) is 5.00. The van der Waals surface area contributed by atoms with E-state index in [1.54, 1.807) is 36.8 Å². The van der Waals surface area contributed by atoms with Crippen molar-refractivity contribution in [1.82, 2.24) is 25.4 Å². The van der Waals surface area contributed by atoms with E-state index in [1.165, 1.54) is 12.1 Å². The second-order valence-corrected chi connectivity index (χ2v) is 6.37. The Morgan fingerprint density at radius 3 is 2.70 bits per heavy atom. The van der Waals surface area contributed by atoms with Gasteiger partial charge in [0.2, 0.25) is 11.7 Å². The van der Waals surface area contributed by atoms with Crippen molar-refractivity contribution in [3.05, 3.63) is 90.0 Å². The number of hydrogen-bond donors (Lipinski definition) is 2. The minimum Gasteiger partial charge on any atom is -0.339 e. The third-order valence-corrected chi connectivity index (χ3v) is 4.23. The molecule has 0 bridgehead atoms. The smallest absolute Gasteiger partial charge is 0.319 e. The van der Waals surface area contributed by atoms with Crippen LogP contribution < -0.4 is 10.6 Å². The number of rotatable bonds is 6. The Labute approximate surface area is 171 Å². The summed E-state index contributed by atoms with van der Waals surface area (Å²) in [4.78, 5) is 24.8. The minimum atomic E-state index is -0.377. The third kappa shape index (κ3) is 4.82. The summed E-state index contributed by atoms with van der Waals surface area (Å²) in [5, 5.41) is 9.49. The molecule has 0 atom stereocenters. The number of amides is 2. The van der Waals surface area contributed by atoms with Crippen LogP contribution in [0.4, 0.5) is 14.9 Å². The predicted molar refractivity (Wildman–Crippen MR) is 107 cm³/mol. The average Bonchev–Trinajstić information content (AvgIpc) is 3.24. The number of carbonyl (C=O) groups excluding carboxylic acids is 1. The highest BCUT2D eigenvalue weighted by Crippen LogP contribution is 2.20. The minimum absolute atomic E-state index is 0.277. The quantitative estimate of drug-likeness (QED) is 0.509. The summed E-state index contributed by atoms with van der Waals surface area (Å²) in [5.41, 5.74) is 2.73. The van der Waals surface area contributed by atoms with E-state index in [9.17, 15) is 9.18 Å². The second kappa shape index (κ2) is 8.91. The lowest BCUT2D eigenvalue weighted by atomic mass is 10.1. The first-order valence-electron chi connectivity index (χ1n) is 9.13. The van der Waals surface area contributed by atoms with Gasteiger partial charge in [0.25, 0.3) is 0 Å².